The molecule has 1 aromatic rings. The first kappa shape index (κ1) is 9.92. The predicted octanol–water partition coefficient (Wildman–Crippen LogP) is 3.15. The highest BCUT2D eigenvalue weighted by Gasteiger charge is 2.37. The zero-order chi connectivity index (χ0) is 12.3. The van der Waals surface area contributed by atoms with Crippen LogP contribution in [0.5, 0.6) is 0 Å². The van der Waals surface area contributed by atoms with Crippen molar-refractivity contribution in [1.29, 1.82) is 0 Å². The third-order valence-corrected chi connectivity index (χ3v) is 3.98. The summed E-state index contributed by atoms with van der Waals surface area (Å²) < 4.78 is 0. The molecule has 1 aromatic carbocycles. The van der Waals surface area contributed by atoms with Gasteiger partial charge in [-0.25, -0.2) is 0 Å². The molecule has 0 saturated heterocycles. The van der Waals surface area contributed by atoms with Gasteiger partial charge in [0.15, 0.2) is 0 Å². The van der Waals surface area contributed by atoms with Gasteiger partial charge in [-0.3, -0.25) is 0 Å². The summed E-state index contributed by atoms with van der Waals surface area (Å²) in [7, 11) is 0. The first-order chi connectivity index (χ1) is 8.77. The molecule has 2 unspecified atom stereocenters. The molecule has 88 valence electrons. The quantitative estimate of drug-likeness (QED) is 0.726. The second-order valence-corrected chi connectivity index (χ2v) is 4.89. The van der Waals surface area contributed by atoms with Gasteiger partial charge in [0.1, 0.15) is 11.9 Å². The third kappa shape index (κ3) is 1.06. The van der Waals surface area contributed by atoms with E-state index in [2.05, 4.69) is 24.3 Å². The fourth-order valence-corrected chi connectivity index (χ4v) is 3.15. The molecule has 0 aliphatic heterocycles. The lowest BCUT2D eigenvalue weighted by Crippen LogP contribution is -2.23. The Morgan fingerprint density at radius 3 is 2.83 bits per heavy atom. The standard InChI is InChI=1S/C16H12O2/c17-15-11-5-1-3-9-7-8-10-4-2-6-12(16(15)18)14(10)13(9)11/h1-8,13,16-18H. The summed E-state index contributed by atoms with van der Waals surface area (Å²) in [5.74, 6) is 0.163. The van der Waals surface area contributed by atoms with Crippen LogP contribution in [-0.2, 0) is 0 Å². The highest BCUT2D eigenvalue weighted by atomic mass is 16.3. The van der Waals surface area contributed by atoms with Crippen LogP contribution >= 0.6 is 0 Å². The topological polar surface area (TPSA) is 40.5 Å². The van der Waals surface area contributed by atoms with Gasteiger partial charge >= 0.3 is 0 Å². The van der Waals surface area contributed by atoms with Crippen molar-refractivity contribution in [3.63, 3.8) is 0 Å². The molecule has 4 rings (SSSR count). The molecule has 2 N–H and O–H groups in total. The van der Waals surface area contributed by atoms with Gasteiger partial charge in [-0.1, -0.05) is 48.6 Å². The summed E-state index contributed by atoms with van der Waals surface area (Å²) >= 11 is 0. The number of allylic oxidation sites excluding steroid dienone is 6. The Morgan fingerprint density at radius 1 is 1.06 bits per heavy atom. The van der Waals surface area contributed by atoms with Crippen LogP contribution in [0.1, 0.15) is 28.7 Å². The minimum Gasteiger partial charge on any atom is -0.509 e. The van der Waals surface area contributed by atoms with E-state index in [9.17, 15) is 10.2 Å². The third-order valence-electron chi connectivity index (χ3n) is 3.98. The van der Waals surface area contributed by atoms with Gasteiger partial charge < -0.3 is 10.2 Å². The molecular formula is C16H12O2. The Kier molecular flexibility index (Phi) is 1.78. The lowest BCUT2D eigenvalue weighted by atomic mass is 9.70. The van der Waals surface area contributed by atoms with Gasteiger partial charge in [0.2, 0.25) is 0 Å². The Hall–Kier alpha value is -2.06. The number of hydrogen-bond donors (Lipinski definition) is 2. The van der Waals surface area contributed by atoms with E-state index >= 15 is 0 Å². The Labute approximate surface area is 105 Å². The van der Waals surface area contributed by atoms with Crippen molar-refractivity contribution in [3.8, 4) is 0 Å². The largest absolute Gasteiger partial charge is 0.509 e. The van der Waals surface area contributed by atoms with Crippen LogP contribution < -0.4 is 0 Å². The number of hydrogen-bond acceptors (Lipinski definition) is 2. The monoisotopic (exact) mass is 236 g/mol. The SMILES string of the molecule is OC1=C2C=CC=C3C=Cc4cccc(c4C32)C1O. The minimum absolute atomic E-state index is 0.0783. The molecule has 2 heteroatoms. The second kappa shape index (κ2) is 3.24. The van der Waals surface area contributed by atoms with Crippen molar-refractivity contribution in [2.24, 2.45) is 0 Å². The zero-order valence-electron chi connectivity index (χ0n) is 9.67. The van der Waals surface area contributed by atoms with Crippen LogP contribution in [0, 0.1) is 0 Å². The van der Waals surface area contributed by atoms with E-state index < -0.39 is 6.10 Å². The lowest BCUT2D eigenvalue weighted by Gasteiger charge is -2.35. The van der Waals surface area contributed by atoms with Crippen LogP contribution in [-0.4, -0.2) is 10.2 Å². The number of aliphatic hydroxyl groups is 2. The van der Waals surface area contributed by atoms with Crippen LogP contribution in [0.15, 0.2) is 59.4 Å². The van der Waals surface area contributed by atoms with E-state index in [1.165, 1.54) is 5.57 Å². The molecule has 0 fully saturated rings. The smallest absolute Gasteiger partial charge is 0.136 e. The van der Waals surface area contributed by atoms with E-state index in [1.54, 1.807) is 0 Å². The highest BCUT2D eigenvalue weighted by Crippen LogP contribution is 2.50. The molecule has 0 saturated carbocycles. The molecule has 2 atom stereocenters. The fourth-order valence-electron chi connectivity index (χ4n) is 3.15. The first-order valence-corrected chi connectivity index (χ1v) is 6.07. The first-order valence-electron chi connectivity index (χ1n) is 6.07. The van der Waals surface area contributed by atoms with E-state index in [-0.39, 0.29) is 11.7 Å². The second-order valence-electron chi connectivity index (χ2n) is 4.89. The van der Waals surface area contributed by atoms with Crippen molar-refractivity contribution in [1.82, 2.24) is 0 Å². The molecule has 0 bridgehead atoms. The van der Waals surface area contributed by atoms with Gasteiger partial charge in [0, 0.05) is 11.5 Å². The fraction of sp³-hybridized carbons (Fsp3) is 0.125. The molecular weight excluding hydrogens is 224 g/mol. The average molecular weight is 236 g/mol. The normalized spacial score (nSPS) is 27.1. The van der Waals surface area contributed by atoms with Crippen molar-refractivity contribution < 1.29 is 10.2 Å². The van der Waals surface area contributed by atoms with Gasteiger partial charge in [-0.2, -0.15) is 0 Å². The molecule has 3 aliphatic carbocycles. The number of benzene rings is 1. The van der Waals surface area contributed by atoms with Gasteiger partial charge in [0.25, 0.3) is 0 Å². The van der Waals surface area contributed by atoms with Crippen molar-refractivity contribution >= 4 is 6.08 Å². The molecule has 0 radical (unpaired) electrons. The van der Waals surface area contributed by atoms with Crippen LogP contribution in [0.4, 0.5) is 0 Å². The molecule has 2 nitrogen and oxygen atoms in total. The maximum absolute atomic E-state index is 10.2. The Balaban J connectivity index is 2.12. The van der Waals surface area contributed by atoms with E-state index in [1.807, 2.05) is 24.3 Å². The summed E-state index contributed by atoms with van der Waals surface area (Å²) in [5, 5.41) is 20.4. The highest BCUT2D eigenvalue weighted by molar-refractivity contribution is 5.72. The van der Waals surface area contributed by atoms with Crippen molar-refractivity contribution in [3.05, 3.63) is 76.1 Å². The van der Waals surface area contributed by atoms with Gasteiger partial charge in [-0.15, -0.1) is 0 Å². The van der Waals surface area contributed by atoms with Crippen LogP contribution in [0.3, 0.4) is 0 Å². The van der Waals surface area contributed by atoms with E-state index in [0.717, 1.165) is 22.3 Å². The summed E-state index contributed by atoms with van der Waals surface area (Å²) in [4.78, 5) is 0. The summed E-state index contributed by atoms with van der Waals surface area (Å²) in [6.45, 7) is 0. The molecule has 0 amide bonds. The molecule has 18 heavy (non-hydrogen) atoms. The summed E-state index contributed by atoms with van der Waals surface area (Å²) in [6, 6.07) is 5.87. The van der Waals surface area contributed by atoms with Gasteiger partial charge in [0.05, 0.1) is 0 Å². The van der Waals surface area contributed by atoms with Crippen LogP contribution in [0.25, 0.3) is 6.08 Å². The van der Waals surface area contributed by atoms with Crippen molar-refractivity contribution in [2.75, 3.05) is 0 Å². The molecule has 3 aliphatic rings. The van der Waals surface area contributed by atoms with E-state index in [0.29, 0.717) is 0 Å². The van der Waals surface area contributed by atoms with Crippen LogP contribution in [0.2, 0.25) is 0 Å². The average Bonchev–Trinajstić information content (AvgIpc) is 2.43. The molecule has 0 spiro atoms. The summed E-state index contributed by atoms with van der Waals surface area (Å²) in [5.41, 5.74) is 5.09. The number of aliphatic hydroxyl groups excluding tert-OH is 2. The summed E-state index contributed by atoms with van der Waals surface area (Å²) in [6.07, 6.45) is 9.15. The van der Waals surface area contributed by atoms with E-state index in [4.69, 9.17) is 0 Å². The zero-order valence-corrected chi connectivity index (χ0v) is 9.67. The molecule has 0 aromatic heterocycles. The number of rotatable bonds is 0. The van der Waals surface area contributed by atoms with Gasteiger partial charge in [-0.05, 0) is 22.3 Å². The molecule has 0 heterocycles. The van der Waals surface area contributed by atoms with Crippen molar-refractivity contribution in [2.45, 2.75) is 12.0 Å². The Bertz CT molecular complexity index is 674. The predicted molar refractivity (Wildman–Crippen MR) is 70.1 cm³/mol. The Morgan fingerprint density at radius 2 is 1.94 bits per heavy atom. The minimum atomic E-state index is -0.901. The maximum Gasteiger partial charge on any atom is 0.136 e. The maximum atomic E-state index is 10.2. The lowest BCUT2D eigenvalue weighted by molar-refractivity contribution is 0.147.